The number of H-pyrrole nitrogens is 1. The quantitative estimate of drug-likeness (QED) is 0.456. The zero-order valence-corrected chi connectivity index (χ0v) is 16.1. The number of nitrogens with one attached hydrogen (secondary N) is 1. The molecule has 5 aromatic rings. The van der Waals surface area contributed by atoms with Crippen molar-refractivity contribution in [1.29, 1.82) is 0 Å². The topological polar surface area (TPSA) is 59.4 Å². The van der Waals surface area contributed by atoms with E-state index in [9.17, 15) is 0 Å². The van der Waals surface area contributed by atoms with E-state index in [0.29, 0.717) is 6.04 Å². The Balaban J connectivity index is 1.64. The largest absolute Gasteiger partial charge is 0.345 e. The molecule has 0 aliphatic carbocycles. The first-order valence-corrected chi connectivity index (χ1v) is 9.50. The molecule has 0 aliphatic rings. The Bertz CT molecular complexity index is 1300. The summed E-state index contributed by atoms with van der Waals surface area (Å²) < 4.78 is 2.23. The first-order chi connectivity index (χ1) is 13.6. The van der Waals surface area contributed by atoms with Crippen LogP contribution in [0.3, 0.4) is 0 Å². The molecule has 1 aromatic carbocycles. The van der Waals surface area contributed by atoms with E-state index >= 15 is 0 Å². The predicted molar refractivity (Wildman–Crippen MR) is 113 cm³/mol. The maximum atomic E-state index is 4.81. The minimum Gasteiger partial charge on any atom is -0.345 e. The normalized spacial score (nSPS) is 11.7. The zero-order chi connectivity index (χ0) is 19.3. The number of fused-ring (bicyclic) bond motifs is 2. The van der Waals surface area contributed by atoms with Crippen LogP contribution in [0.5, 0.6) is 0 Å². The van der Waals surface area contributed by atoms with Crippen LogP contribution in [0.2, 0.25) is 0 Å². The van der Waals surface area contributed by atoms with Crippen molar-refractivity contribution in [3.63, 3.8) is 0 Å². The van der Waals surface area contributed by atoms with Crippen molar-refractivity contribution in [2.45, 2.75) is 26.8 Å². The molecule has 0 saturated carbocycles. The van der Waals surface area contributed by atoms with Gasteiger partial charge in [0.05, 0.1) is 11.2 Å². The van der Waals surface area contributed by atoms with E-state index in [1.807, 2.05) is 37.5 Å². The highest BCUT2D eigenvalue weighted by Crippen LogP contribution is 2.31. The standard InChI is InChI=1S/C23H21N5/c1-14(2)28-15(3)26-23-21(28)11-17(12-24-23)19-13-25-22-18(19)9-10-20(27-22)16-7-5-4-6-8-16/h4-14H,1-3H3,(H,25,27). The summed E-state index contributed by atoms with van der Waals surface area (Å²) in [4.78, 5) is 17.3. The number of imidazole rings is 1. The molecule has 0 amide bonds. The van der Waals surface area contributed by atoms with Crippen LogP contribution in [0, 0.1) is 6.92 Å². The fourth-order valence-corrected chi connectivity index (χ4v) is 3.90. The molecule has 0 spiro atoms. The van der Waals surface area contributed by atoms with E-state index in [4.69, 9.17) is 4.98 Å². The molecule has 5 rings (SSSR count). The van der Waals surface area contributed by atoms with Crippen LogP contribution in [0.4, 0.5) is 0 Å². The third kappa shape index (κ3) is 2.59. The minimum atomic E-state index is 0.333. The summed E-state index contributed by atoms with van der Waals surface area (Å²) in [5, 5.41) is 1.09. The van der Waals surface area contributed by atoms with E-state index in [0.717, 1.165) is 50.4 Å². The van der Waals surface area contributed by atoms with E-state index in [2.05, 4.69) is 63.7 Å². The number of benzene rings is 1. The maximum Gasteiger partial charge on any atom is 0.177 e. The second-order valence-corrected chi connectivity index (χ2v) is 7.35. The number of aromatic amines is 1. The summed E-state index contributed by atoms with van der Waals surface area (Å²) in [5.74, 6) is 0.989. The molecule has 0 aliphatic heterocycles. The van der Waals surface area contributed by atoms with Crippen LogP contribution >= 0.6 is 0 Å². The third-order valence-corrected chi connectivity index (χ3v) is 5.16. The first kappa shape index (κ1) is 16.7. The van der Waals surface area contributed by atoms with Crippen molar-refractivity contribution < 1.29 is 0 Å². The van der Waals surface area contributed by atoms with Gasteiger partial charge in [-0.25, -0.2) is 15.0 Å². The van der Waals surface area contributed by atoms with Gasteiger partial charge in [-0.15, -0.1) is 0 Å². The van der Waals surface area contributed by atoms with Gasteiger partial charge in [0.2, 0.25) is 0 Å². The predicted octanol–water partition coefficient (Wildman–Crippen LogP) is 5.53. The van der Waals surface area contributed by atoms with Crippen molar-refractivity contribution >= 4 is 22.2 Å². The van der Waals surface area contributed by atoms with Gasteiger partial charge in [0.15, 0.2) is 5.65 Å². The van der Waals surface area contributed by atoms with E-state index in [1.54, 1.807) is 0 Å². The second-order valence-electron chi connectivity index (χ2n) is 7.35. The lowest BCUT2D eigenvalue weighted by atomic mass is 10.1. The fourth-order valence-electron chi connectivity index (χ4n) is 3.90. The van der Waals surface area contributed by atoms with Crippen molar-refractivity contribution in [1.82, 2.24) is 24.5 Å². The molecule has 0 bridgehead atoms. The van der Waals surface area contributed by atoms with Gasteiger partial charge in [0, 0.05) is 40.5 Å². The van der Waals surface area contributed by atoms with Gasteiger partial charge in [-0.05, 0) is 39.0 Å². The molecule has 28 heavy (non-hydrogen) atoms. The second kappa shape index (κ2) is 6.30. The van der Waals surface area contributed by atoms with E-state index in [1.165, 1.54) is 0 Å². The van der Waals surface area contributed by atoms with Gasteiger partial charge in [0.1, 0.15) is 11.5 Å². The molecule has 5 heteroatoms. The fraction of sp³-hybridized carbons (Fsp3) is 0.174. The Morgan fingerprint density at radius 1 is 0.964 bits per heavy atom. The average molecular weight is 367 g/mol. The van der Waals surface area contributed by atoms with Crippen LogP contribution in [0.15, 0.2) is 60.9 Å². The molecule has 4 aromatic heterocycles. The number of pyridine rings is 2. The average Bonchev–Trinajstić information content (AvgIpc) is 3.27. The molecular weight excluding hydrogens is 346 g/mol. The van der Waals surface area contributed by atoms with Crippen molar-refractivity contribution in [2.75, 3.05) is 0 Å². The minimum absolute atomic E-state index is 0.333. The first-order valence-electron chi connectivity index (χ1n) is 9.50. The number of aromatic nitrogens is 5. The highest BCUT2D eigenvalue weighted by molar-refractivity contribution is 5.96. The van der Waals surface area contributed by atoms with E-state index < -0.39 is 0 Å². The van der Waals surface area contributed by atoms with Crippen molar-refractivity contribution in [3.8, 4) is 22.4 Å². The van der Waals surface area contributed by atoms with Gasteiger partial charge in [-0.1, -0.05) is 30.3 Å². The third-order valence-electron chi connectivity index (χ3n) is 5.16. The lowest BCUT2D eigenvalue weighted by molar-refractivity contribution is 0.600. The van der Waals surface area contributed by atoms with Crippen molar-refractivity contribution in [3.05, 3.63) is 66.7 Å². The molecule has 5 nitrogen and oxygen atoms in total. The molecular formula is C23H21N5. The lowest BCUT2D eigenvalue weighted by Crippen LogP contribution is -2.02. The summed E-state index contributed by atoms with van der Waals surface area (Å²) in [6, 6.07) is 16.9. The van der Waals surface area contributed by atoms with Crippen LogP contribution in [-0.4, -0.2) is 24.5 Å². The van der Waals surface area contributed by atoms with E-state index in [-0.39, 0.29) is 0 Å². The Hall–Kier alpha value is -3.47. The van der Waals surface area contributed by atoms with Gasteiger partial charge >= 0.3 is 0 Å². The molecule has 4 heterocycles. The zero-order valence-electron chi connectivity index (χ0n) is 16.1. The summed E-state index contributed by atoms with van der Waals surface area (Å²) in [7, 11) is 0. The molecule has 0 saturated heterocycles. The number of aryl methyl sites for hydroxylation is 1. The maximum absolute atomic E-state index is 4.81. The molecule has 0 unspecified atom stereocenters. The van der Waals surface area contributed by atoms with Crippen molar-refractivity contribution in [2.24, 2.45) is 0 Å². The summed E-state index contributed by atoms with van der Waals surface area (Å²) in [6.07, 6.45) is 3.91. The Labute approximate surface area is 163 Å². The molecule has 0 fully saturated rings. The van der Waals surface area contributed by atoms with Crippen LogP contribution in [-0.2, 0) is 0 Å². The van der Waals surface area contributed by atoms with Crippen LogP contribution in [0.25, 0.3) is 44.6 Å². The molecule has 0 atom stereocenters. The monoisotopic (exact) mass is 367 g/mol. The van der Waals surface area contributed by atoms with Gasteiger partial charge in [-0.3, -0.25) is 0 Å². The number of hydrogen-bond donors (Lipinski definition) is 1. The number of rotatable bonds is 3. The van der Waals surface area contributed by atoms with Gasteiger partial charge in [0.25, 0.3) is 0 Å². The molecule has 1 N–H and O–H groups in total. The Kier molecular flexibility index (Phi) is 3.76. The number of hydrogen-bond acceptors (Lipinski definition) is 3. The number of nitrogens with zero attached hydrogens (tertiary/aromatic N) is 4. The summed E-state index contributed by atoms with van der Waals surface area (Å²) >= 11 is 0. The molecule has 138 valence electrons. The highest BCUT2D eigenvalue weighted by Gasteiger charge is 2.14. The summed E-state index contributed by atoms with van der Waals surface area (Å²) in [5.41, 5.74) is 6.97. The highest BCUT2D eigenvalue weighted by atomic mass is 15.1. The Morgan fingerprint density at radius 2 is 1.79 bits per heavy atom. The SMILES string of the molecule is Cc1nc2ncc(-c3c[nH]c4nc(-c5ccccc5)ccc34)cc2n1C(C)C. The van der Waals surface area contributed by atoms with Gasteiger partial charge in [-0.2, -0.15) is 0 Å². The summed E-state index contributed by atoms with van der Waals surface area (Å²) in [6.45, 7) is 6.37. The smallest absolute Gasteiger partial charge is 0.177 e. The lowest BCUT2D eigenvalue weighted by Gasteiger charge is -2.11. The van der Waals surface area contributed by atoms with Gasteiger partial charge < -0.3 is 9.55 Å². The van der Waals surface area contributed by atoms with Crippen LogP contribution < -0.4 is 0 Å². The van der Waals surface area contributed by atoms with Crippen LogP contribution in [0.1, 0.15) is 25.7 Å². The molecule has 0 radical (unpaired) electrons. The Morgan fingerprint density at radius 3 is 2.57 bits per heavy atom.